The molecule has 0 atom stereocenters. The highest BCUT2D eigenvalue weighted by Crippen LogP contribution is 2.28. The van der Waals surface area contributed by atoms with Gasteiger partial charge in [0.05, 0.1) is 11.6 Å². The zero-order chi connectivity index (χ0) is 15.7. The third-order valence-electron chi connectivity index (χ3n) is 4.35. The van der Waals surface area contributed by atoms with Crippen LogP contribution in [0.2, 0.25) is 0 Å². The summed E-state index contributed by atoms with van der Waals surface area (Å²) in [6.07, 6.45) is 5.39. The standard InChI is InChI=1S/C16H22N4O2/c1-18(2)16(21)19(3)12-5-9-20(10-6-12)15-13-7-11-22-14(13)4-8-17-15/h4,7-8,11-12H,5-6,9-10H2,1-3H3. The maximum absolute atomic E-state index is 12.0. The van der Waals surface area contributed by atoms with Gasteiger partial charge in [0.1, 0.15) is 11.4 Å². The second-order valence-electron chi connectivity index (χ2n) is 5.97. The van der Waals surface area contributed by atoms with Gasteiger partial charge in [-0.2, -0.15) is 0 Å². The summed E-state index contributed by atoms with van der Waals surface area (Å²) < 4.78 is 5.44. The Morgan fingerprint density at radius 2 is 2.00 bits per heavy atom. The third-order valence-corrected chi connectivity index (χ3v) is 4.35. The van der Waals surface area contributed by atoms with Crippen molar-refractivity contribution in [2.75, 3.05) is 39.1 Å². The summed E-state index contributed by atoms with van der Waals surface area (Å²) in [5, 5.41) is 1.05. The van der Waals surface area contributed by atoms with E-state index in [9.17, 15) is 4.79 Å². The predicted molar refractivity (Wildman–Crippen MR) is 86.1 cm³/mol. The first-order valence-electron chi connectivity index (χ1n) is 7.59. The maximum atomic E-state index is 12.0. The number of urea groups is 1. The molecule has 1 aliphatic rings. The van der Waals surface area contributed by atoms with Gasteiger partial charge in [-0.1, -0.05) is 0 Å². The van der Waals surface area contributed by atoms with Crippen LogP contribution in [0.15, 0.2) is 29.0 Å². The Balaban J connectivity index is 1.69. The van der Waals surface area contributed by atoms with Crippen LogP contribution >= 0.6 is 0 Å². The number of fused-ring (bicyclic) bond motifs is 1. The molecular formula is C16H22N4O2. The molecule has 6 heteroatoms. The summed E-state index contributed by atoms with van der Waals surface area (Å²) in [5.74, 6) is 0.978. The predicted octanol–water partition coefficient (Wildman–Crippen LogP) is 2.41. The van der Waals surface area contributed by atoms with Crippen molar-refractivity contribution in [2.45, 2.75) is 18.9 Å². The second-order valence-corrected chi connectivity index (χ2v) is 5.97. The van der Waals surface area contributed by atoms with E-state index in [0.717, 1.165) is 42.7 Å². The lowest BCUT2D eigenvalue weighted by atomic mass is 10.0. The van der Waals surface area contributed by atoms with Gasteiger partial charge in [0, 0.05) is 46.5 Å². The molecule has 3 rings (SSSR count). The Morgan fingerprint density at radius 1 is 1.27 bits per heavy atom. The highest BCUT2D eigenvalue weighted by Gasteiger charge is 2.27. The van der Waals surface area contributed by atoms with Crippen molar-refractivity contribution in [1.82, 2.24) is 14.8 Å². The molecular weight excluding hydrogens is 280 g/mol. The van der Waals surface area contributed by atoms with Crippen molar-refractivity contribution < 1.29 is 9.21 Å². The van der Waals surface area contributed by atoms with Gasteiger partial charge in [-0.05, 0) is 25.0 Å². The van der Waals surface area contributed by atoms with Gasteiger partial charge in [0.2, 0.25) is 0 Å². The van der Waals surface area contributed by atoms with Crippen LogP contribution in [0.25, 0.3) is 11.0 Å². The molecule has 0 aromatic carbocycles. The SMILES string of the molecule is CN(C)C(=O)N(C)C1CCN(c2nccc3occc23)CC1. The number of piperidine rings is 1. The summed E-state index contributed by atoms with van der Waals surface area (Å²) >= 11 is 0. The Hall–Kier alpha value is -2.24. The van der Waals surface area contributed by atoms with E-state index in [1.165, 1.54) is 0 Å². The van der Waals surface area contributed by atoms with Crippen molar-refractivity contribution in [3.8, 4) is 0 Å². The monoisotopic (exact) mass is 302 g/mol. The minimum Gasteiger partial charge on any atom is -0.464 e. The fourth-order valence-corrected chi connectivity index (χ4v) is 3.07. The molecule has 118 valence electrons. The summed E-state index contributed by atoms with van der Waals surface area (Å²) in [6.45, 7) is 1.79. The zero-order valence-corrected chi connectivity index (χ0v) is 13.3. The Kier molecular flexibility index (Phi) is 3.92. The summed E-state index contributed by atoms with van der Waals surface area (Å²) in [5.41, 5.74) is 0.868. The summed E-state index contributed by atoms with van der Waals surface area (Å²) in [4.78, 5) is 22.3. The molecule has 22 heavy (non-hydrogen) atoms. The summed E-state index contributed by atoms with van der Waals surface area (Å²) in [7, 11) is 5.46. The van der Waals surface area contributed by atoms with Crippen LogP contribution in [0.1, 0.15) is 12.8 Å². The van der Waals surface area contributed by atoms with E-state index in [0.29, 0.717) is 0 Å². The van der Waals surface area contributed by atoms with Gasteiger partial charge < -0.3 is 19.1 Å². The van der Waals surface area contributed by atoms with Gasteiger partial charge in [-0.3, -0.25) is 0 Å². The molecule has 1 saturated heterocycles. The topological polar surface area (TPSA) is 52.8 Å². The molecule has 6 nitrogen and oxygen atoms in total. The van der Waals surface area contributed by atoms with E-state index >= 15 is 0 Å². The zero-order valence-electron chi connectivity index (χ0n) is 13.3. The molecule has 1 fully saturated rings. The van der Waals surface area contributed by atoms with Crippen LogP contribution in [-0.4, -0.2) is 61.1 Å². The fourth-order valence-electron chi connectivity index (χ4n) is 3.07. The highest BCUT2D eigenvalue weighted by molar-refractivity contribution is 5.88. The first-order chi connectivity index (χ1) is 10.6. The lowest BCUT2D eigenvalue weighted by Crippen LogP contribution is -2.48. The number of furan rings is 1. The number of amides is 2. The third kappa shape index (κ3) is 2.61. The smallest absolute Gasteiger partial charge is 0.319 e. The van der Waals surface area contributed by atoms with E-state index in [1.54, 1.807) is 31.5 Å². The molecule has 0 spiro atoms. The number of hydrogen-bond donors (Lipinski definition) is 0. The molecule has 0 saturated carbocycles. The van der Waals surface area contributed by atoms with E-state index in [4.69, 9.17) is 4.42 Å². The van der Waals surface area contributed by atoms with Crippen LogP contribution in [0, 0.1) is 0 Å². The minimum absolute atomic E-state index is 0.0634. The molecule has 0 radical (unpaired) electrons. The van der Waals surface area contributed by atoms with Crippen molar-refractivity contribution >= 4 is 22.8 Å². The minimum atomic E-state index is 0.0634. The second kappa shape index (κ2) is 5.87. The first kappa shape index (κ1) is 14.7. The van der Waals surface area contributed by atoms with E-state index < -0.39 is 0 Å². The van der Waals surface area contributed by atoms with Crippen LogP contribution in [-0.2, 0) is 0 Å². The molecule has 2 amide bonds. The molecule has 0 N–H and O–H groups in total. The largest absolute Gasteiger partial charge is 0.464 e. The number of pyridine rings is 1. The average molecular weight is 302 g/mol. The van der Waals surface area contributed by atoms with Crippen molar-refractivity contribution in [1.29, 1.82) is 0 Å². The highest BCUT2D eigenvalue weighted by atomic mass is 16.3. The van der Waals surface area contributed by atoms with E-state index in [2.05, 4.69) is 9.88 Å². The van der Waals surface area contributed by atoms with E-state index in [-0.39, 0.29) is 12.1 Å². The number of anilines is 1. The quantitative estimate of drug-likeness (QED) is 0.855. The van der Waals surface area contributed by atoms with Gasteiger partial charge in [-0.25, -0.2) is 9.78 Å². The average Bonchev–Trinajstić information content (AvgIpc) is 3.02. The van der Waals surface area contributed by atoms with Gasteiger partial charge in [0.25, 0.3) is 0 Å². The number of aromatic nitrogens is 1. The van der Waals surface area contributed by atoms with Gasteiger partial charge in [0.15, 0.2) is 0 Å². The van der Waals surface area contributed by atoms with Crippen molar-refractivity contribution in [2.24, 2.45) is 0 Å². The van der Waals surface area contributed by atoms with Crippen LogP contribution in [0.5, 0.6) is 0 Å². The summed E-state index contributed by atoms with van der Waals surface area (Å²) in [6, 6.07) is 4.20. The van der Waals surface area contributed by atoms with Gasteiger partial charge in [-0.15, -0.1) is 0 Å². The Labute approximate surface area is 130 Å². The number of rotatable bonds is 2. The molecule has 2 aromatic heterocycles. The Morgan fingerprint density at radius 3 is 2.68 bits per heavy atom. The lowest BCUT2D eigenvalue weighted by Gasteiger charge is -2.38. The number of hydrogen-bond acceptors (Lipinski definition) is 4. The molecule has 2 aromatic rings. The van der Waals surface area contributed by atoms with E-state index in [1.807, 2.05) is 24.1 Å². The van der Waals surface area contributed by atoms with Crippen molar-refractivity contribution in [3.05, 3.63) is 24.6 Å². The molecule has 3 heterocycles. The molecule has 0 unspecified atom stereocenters. The molecule has 1 aliphatic heterocycles. The van der Waals surface area contributed by atoms with Crippen LogP contribution in [0.4, 0.5) is 10.6 Å². The fraction of sp³-hybridized carbons (Fsp3) is 0.500. The number of nitrogens with zero attached hydrogens (tertiary/aromatic N) is 4. The van der Waals surface area contributed by atoms with Crippen LogP contribution < -0.4 is 4.90 Å². The Bertz CT molecular complexity index is 659. The van der Waals surface area contributed by atoms with Crippen LogP contribution in [0.3, 0.4) is 0 Å². The molecule has 0 bridgehead atoms. The normalized spacial score (nSPS) is 16.0. The van der Waals surface area contributed by atoms with Gasteiger partial charge >= 0.3 is 6.03 Å². The van der Waals surface area contributed by atoms with Crippen molar-refractivity contribution in [3.63, 3.8) is 0 Å². The lowest BCUT2D eigenvalue weighted by molar-refractivity contribution is 0.155. The number of carbonyl (C=O) groups excluding carboxylic acids is 1. The first-order valence-corrected chi connectivity index (χ1v) is 7.59. The number of carbonyl (C=O) groups is 1. The molecule has 0 aliphatic carbocycles. The maximum Gasteiger partial charge on any atom is 0.319 e.